The molecule has 5 nitrogen and oxygen atoms in total. The molecular formula is C14H22BrN2O3S+. The summed E-state index contributed by atoms with van der Waals surface area (Å²) in [6.45, 7) is 8.49. The Morgan fingerprint density at radius 2 is 1.86 bits per heavy atom. The fourth-order valence-corrected chi connectivity index (χ4v) is 4.58. The van der Waals surface area contributed by atoms with E-state index in [0.29, 0.717) is 15.9 Å². The molecule has 0 atom stereocenters. The van der Waals surface area contributed by atoms with E-state index in [1.807, 2.05) is 19.9 Å². The fraction of sp³-hybridized carbons (Fsp3) is 0.571. The van der Waals surface area contributed by atoms with Gasteiger partial charge in [0, 0.05) is 4.47 Å². The molecule has 0 radical (unpaired) electrons. The lowest BCUT2D eigenvalue weighted by Gasteiger charge is -2.23. The number of aryl methyl sites for hydroxylation is 2. The Labute approximate surface area is 134 Å². The molecule has 1 aromatic rings. The van der Waals surface area contributed by atoms with Crippen LogP contribution in [0.3, 0.4) is 0 Å². The lowest BCUT2D eigenvalue weighted by atomic mass is 10.1. The number of benzene rings is 1. The third-order valence-electron chi connectivity index (χ3n) is 3.81. The Morgan fingerprint density at radius 1 is 1.24 bits per heavy atom. The molecule has 0 saturated carbocycles. The second-order valence-corrected chi connectivity index (χ2v) is 7.97. The lowest BCUT2D eigenvalue weighted by Crippen LogP contribution is -3.14. The number of nitrogens with one attached hydrogen (secondary N) is 2. The van der Waals surface area contributed by atoms with Crippen molar-refractivity contribution in [2.45, 2.75) is 18.7 Å². The Balaban J connectivity index is 1.99. The number of rotatable bonds is 5. The molecule has 0 amide bonds. The first-order valence-electron chi connectivity index (χ1n) is 7.08. The molecule has 21 heavy (non-hydrogen) atoms. The molecule has 118 valence electrons. The van der Waals surface area contributed by atoms with Crippen molar-refractivity contribution in [1.82, 2.24) is 4.72 Å². The van der Waals surface area contributed by atoms with Crippen molar-refractivity contribution in [3.63, 3.8) is 0 Å². The number of halogens is 1. The largest absolute Gasteiger partial charge is 0.370 e. The number of morpholine rings is 1. The van der Waals surface area contributed by atoms with E-state index in [4.69, 9.17) is 4.74 Å². The van der Waals surface area contributed by atoms with E-state index in [1.54, 1.807) is 6.07 Å². The summed E-state index contributed by atoms with van der Waals surface area (Å²) < 4.78 is 33.4. The van der Waals surface area contributed by atoms with Crippen molar-refractivity contribution in [2.75, 3.05) is 39.4 Å². The van der Waals surface area contributed by atoms with E-state index < -0.39 is 10.0 Å². The summed E-state index contributed by atoms with van der Waals surface area (Å²) in [6, 6.07) is 3.56. The number of ether oxygens (including phenoxy) is 1. The van der Waals surface area contributed by atoms with Crippen LogP contribution in [0.15, 0.2) is 21.5 Å². The molecule has 1 saturated heterocycles. The monoisotopic (exact) mass is 377 g/mol. The van der Waals surface area contributed by atoms with E-state index in [-0.39, 0.29) is 0 Å². The Hall–Kier alpha value is -0.470. The summed E-state index contributed by atoms with van der Waals surface area (Å²) in [5, 5.41) is 0. The maximum absolute atomic E-state index is 12.4. The molecule has 1 aromatic carbocycles. The maximum Gasteiger partial charge on any atom is 0.241 e. The summed E-state index contributed by atoms with van der Waals surface area (Å²) in [6.07, 6.45) is 0. The number of hydrogen-bond acceptors (Lipinski definition) is 3. The van der Waals surface area contributed by atoms with E-state index in [9.17, 15) is 8.42 Å². The Kier molecular flexibility index (Phi) is 5.79. The van der Waals surface area contributed by atoms with E-state index in [1.165, 1.54) is 4.90 Å². The van der Waals surface area contributed by atoms with Crippen molar-refractivity contribution in [2.24, 2.45) is 0 Å². The molecule has 1 aliphatic rings. The van der Waals surface area contributed by atoms with Crippen LogP contribution in [-0.2, 0) is 14.8 Å². The van der Waals surface area contributed by atoms with Gasteiger partial charge in [-0.15, -0.1) is 0 Å². The van der Waals surface area contributed by atoms with E-state index >= 15 is 0 Å². The zero-order valence-corrected chi connectivity index (χ0v) is 14.8. The highest BCUT2D eigenvalue weighted by Gasteiger charge is 2.20. The highest BCUT2D eigenvalue weighted by Crippen LogP contribution is 2.25. The minimum atomic E-state index is -3.47. The van der Waals surface area contributed by atoms with Gasteiger partial charge in [-0.25, -0.2) is 13.1 Å². The quantitative estimate of drug-likeness (QED) is 0.773. The first kappa shape index (κ1) is 16.9. The van der Waals surface area contributed by atoms with Gasteiger partial charge in [-0.3, -0.25) is 0 Å². The molecule has 7 heteroatoms. The normalized spacial score (nSPS) is 17.1. The van der Waals surface area contributed by atoms with Crippen LogP contribution in [0.5, 0.6) is 0 Å². The van der Waals surface area contributed by atoms with Gasteiger partial charge < -0.3 is 9.64 Å². The van der Waals surface area contributed by atoms with Crippen molar-refractivity contribution in [3.05, 3.63) is 27.7 Å². The summed E-state index contributed by atoms with van der Waals surface area (Å²) in [4.78, 5) is 1.69. The van der Waals surface area contributed by atoms with Gasteiger partial charge in [0.15, 0.2) is 0 Å². The van der Waals surface area contributed by atoms with E-state index in [0.717, 1.165) is 44.0 Å². The highest BCUT2D eigenvalue weighted by molar-refractivity contribution is 9.10. The van der Waals surface area contributed by atoms with Crippen molar-refractivity contribution in [3.8, 4) is 0 Å². The molecule has 0 aliphatic carbocycles. The predicted molar refractivity (Wildman–Crippen MR) is 85.2 cm³/mol. The minimum absolute atomic E-state index is 0.308. The lowest BCUT2D eigenvalue weighted by molar-refractivity contribution is -0.906. The van der Waals surface area contributed by atoms with Gasteiger partial charge in [-0.05, 0) is 53.0 Å². The molecular weight excluding hydrogens is 356 g/mol. The van der Waals surface area contributed by atoms with Crippen molar-refractivity contribution in [1.29, 1.82) is 0 Å². The SMILES string of the molecule is Cc1cc(Br)c(S(=O)(=O)NCC[NH+]2CCOCC2)cc1C. The third-order valence-corrected chi connectivity index (χ3v) is 6.23. The molecule has 0 unspecified atom stereocenters. The van der Waals surface area contributed by atoms with Crippen LogP contribution in [0, 0.1) is 13.8 Å². The average Bonchev–Trinajstić information content (AvgIpc) is 2.43. The summed E-state index contributed by atoms with van der Waals surface area (Å²) in [5.74, 6) is 0. The summed E-state index contributed by atoms with van der Waals surface area (Å²) >= 11 is 3.34. The van der Waals surface area contributed by atoms with Gasteiger partial charge in [0.05, 0.1) is 31.2 Å². The van der Waals surface area contributed by atoms with Crippen LogP contribution < -0.4 is 9.62 Å². The molecule has 2 rings (SSSR count). The zero-order chi connectivity index (χ0) is 15.5. The highest BCUT2D eigenvalue weighted by atomic mass is 79.9. The molecule has 2 N–H and O–H groups in total. The number of sulfonamides is 1. The molecule has 1 heterocycles. The maximum atomic E-state index is 12.4. The second-order valence-electron chi connectivity index (χ2n) is 5.38. The number of quaternary nitrogens is 1. The zero-order valence-electron chi connectivity index (χ0n) is 12.4. The number of hydrogen-bond donors (Lipinski definition) is 2. The van der Waals surface area contributed by atoms with Crippen LogP contribution in [0.25, 0.3) is 0 Å². The Morgan fingerprint density at radius 3 is 2.52 bits per heavy atom. The average molecular weight is 378 g/mol. The van der Waals surface area contributed by atoms with Gasteiger partial charge in [-0.1, -0.05) is 0 Å². The van der Waals surface area contributed by atoms with Crippen LogP contribution in [0.1, 0.15) is 11.1 Å². The van der Waals surface area contributed by atoms with Crippen LogP contribution in [-0.4, -0.2) is 47.8 Å². The van der Waals surface area contributed by atoms with Gasteiger partial charge in [0.25, 0.3) is 0 Å². The Bertz CT molecular complexity index is 598. The first-order chi connectivity index (χ1) is 9.90. The van der Waals surface area contributed by atoms with Gasteiger partial charge in [-0.2, -0.15) is 0 Å². The van der Waals surface area contributed by atoms with Crippen LogP contribution >= 0.6 is 15.9 Å². The molecule has 1 aliphatic heterocycles. The minimum Gasteiger partial charge on any atom is -0.370 e. The molecule has 1 fully saturated rings. The van der Waals surface area contributed by atoms with E-state index in [2.05, 4.69) is 20.7 Å². The summed E-state index contributed by atoms with van der Waals surface area (Å²) in [7, 11) is -3.47. The molecule has 0 bridgehead atoms. The van der Waals surface area contributed by atoms with Gasteiger partial charge in [0.1, 0.15) is 13.1 Å². The fourth-order valence-electron chi connectivity index (χ4n) is 2.31. The van der Waals surface area contributed by atoms with Crippen LogP contribution in [0.2, 0.25) is 0 Å². The smallest absolute Gasteiger partial charge is 0.241 e. The van der Waals surface area contributed by atoms with Crippen molar-refractivity contribution >= 4 is 26.0 Å². The molecule has 0 spiro atoms. The van der Waals surface area contributed by atoms with Crippen LogP contribution in [0.4, 0.5) is 0 Å². The van der Waals surface area contributed by atoms with Gasteiger partial charge in [0.2, 0.25) is 10.0 Å². The second kappa shape index (κ2) is 7.19. The summed E-state index contributed by atoms with van der Waals surface area (Å²) in [5.41, 5.74) is 2.04. The third kappa shape index (κ3) is 4.50. The van der Waals surface area contributed by atoms with Gasteiger partial charge >= 0.3 is 0 Å². The first-order valence-corrected chi connectivity index (χ1v) is 9.35. The standard InChI is InChI=1S/C14H21BrN2O3S/c1-11-9-13(15)14(10-12(11)2)21(18,19)16-3-4-17-5-7-20-8-6-17/h9-10,16H,3-8H2,1-2H3/p+1. The predicted octanol–water partition coefficient (Wildman–Crippen LogP) is 0.259. The molecule has 0 aromatic heterocycles. The topological polar surface area (TPSA) is 59.8 Å². The van der Waals surface area contributed by atoms with Crippen molar-refractivity contribution < 1.29 is 18.1 Å².